The number of rotatable bonds is 25. The third-order valence-corrected chi connectivity index (χ3v) is 9.29. The summed E-state index contributed by atoms with van der Waals surface area (Å²) in [6.07, 6.45) is -7.08. The molecular formula is C33H57N5O17. The number of carbonyl (C=O) groups is 5. The normalized spacial score (nSPS) is 31.5. The van der Waals surface area contributed by atoms with Crippen molar-refractivity contribution >= 4 is 29.5 Å². The smallest absolute Gasteiger partial charge is 0.242 e. The summed E-state index contributed by atoms with van der Waals surface area (Å²) in [6.45, 7) is 3.29. The van der Waals surface area contributed by atoms with Crippen molar-refractivity contribution in [2.24, 2.45) is 0 Å². The lowest BCUT2D eigenvalue weighted by atomic mass is 9.97. The van der Waals surface area contributed by atoms with Crippen LogP contribution in [0.4, 0.5) is 0 Å². The standard InChI is InChI=1S/C33H57N5O17/c1-4-5-23(44)38-20(28(47)35-9-11-51-12-14-52-29-24(36-18(2)41)26(46)25(45)21(16-39)54-29)6-7-22(43)34-8-10-50-13-15-53-30-27(37-19(3)42)33(49)31(48)32(33,17-40)55-30/h20-21,24-27,29-31,39-40,45-46,48-49H,4-17H2,1-3H3,(H,34,43)(H,35,47)(H,36,41)(H,37,42)(H,38,44). The van der Waals surface area contributed by atoms with E-state index in [1.807, 2.05) is 6.92 Å². The summed E-state index contributed by atoms with van der Waals surface area (Å²) in [5.74, 6) is -2.25. The first kappa shape index (κ1) is 46.3. The number of aliphatic hydroxyl groups excluding tert-OH is 5. The molecule has 0 spiro atoms. The average molecular weight is 796 g/mol. The number of carbonyl (C=O) groups excluding carboxylic acids is 5. The Morgan fingerprint density at radius 2 is 1.40 bits per heavy atom. The van der Waals surface area contributed by atoms with Crippen LogP contribution < -0.4 is 26.6 Å². The van der Waals surface area contributed by atoms with Gasteiger partial charge in [0.25, 0.3) is 0 Å². The molecule has 22 heteroatoms. The molecule has 2 saturated heterocycles. The highest BCUT2D eigenvalue weighted by molar-refractivity contribution is 5.88. The van der Waals surface area contributed by atoms with E-state index in [4.69, 9.17) is 28.4 Å². The number of fused-ring (bicyclic) bond motifs is 1. The molecule has 0 aromatic rings. The van der Waals surface area contributed by atoms with Crippen LogP contribution in [-0.4, -0.2) is 192 Å². The van der Waals surface area contributed by atoms with Crippen molar-refractivity contribution in [2.75, 3.05) is 65.9 Å². The van der Waals surface area contributed by atoms with E-state index in [1.54, 1.807) is 0 Å². The van der Waals surface area contributed by atoms with E-state index in [0.29, 0.717) is 6.42 Å². The number of hydrogen-bond acceptors (Lipinski definition) is 17. The Morgan fingerprint density at radius 3 is 1.98 bits per heavy atom. The molecule has 3 rings (SSSR count). The van der Waals surface area contributed by atoms with E-state index in [9.17, 15) is 54.6 Å². The molecule has 22 nitrogen and oxygen atoms in total. The van der Waals surface area contributed by atoms with Gasteiger partial charge in [-0.3, -0.25) is 24.0 Å². The Bertz CT molecular complexity index is 1280. The number of aliphatic hydroxyl groups is 6. The molecule has 2 heterocycles. The van der Waals surface area contributed by atoms with Gasteiger partial charge in [0.1, 0.15) is 42.5 Å². The zero-order valence-electron chi connectivity index (χ0n) is 31.3. The first-order valence-corrected chi connectivity index (χ1v) is 18.2. The molecule has 0 radical (unpaired) electrons. The zero-order chi connectivity index (χ0) is 40.8. The first-order chi connectivity index (χ1) is 26.2. The fourth-order valence-corrected chi connectivity index (χ4v) is 6.37. The summed E-state index contributed by atoms with van der Waals surface area (Å²) in [7, 11) is 0. The minimum absolute atomic E-state index is 0.00990. The molecule has 11 N–H and O–H groups in total. The molecule has 55 heavy (non-hydrogen) atoms. The van der Waals surface area contributed by atoms with Crippen LogP contribution in [0.5, 0.6) is 0 Å². The molecular weight excluding hydrogens is 738 g/mol. The van der Waals surface area contributed by atoms with Crippen LogP contribution in [-0.2, 0) is 52.4 Å². The van der Waals surface area contributed by atoms with Crippen molar-refractivity contribution in [1.82, 2.24) is 26.6 Å². The van der Waals surface area contributed by atoms with Crippen LogP contribution in [0.1, 0.15) is 46.5 Å². The highest BCUT2D eigenvalue weighted by Gasteiger charge is 2.87. The summed E-state index contributed by atoms with van der Waals surface area (Å²) in [5, 5.41) is 73.2. The predicted molar refractivity (Wildman–Crippen MR) is 184 cm³/mol. The van der Waals surface area contributed by atoms with Crippen molar-refractivity contribution in [3.63, 3.8) is 0 Å². The molecule has 1 aliphatic carbocycles. The molecule has 1 saturated carbocycles. The molecule has 0 bridgehead atoms. The van der Waals surface area contributed by atoms with Crippen molar-refractivity contribution in [3.05, 3.63) is 0 Å². The monoisotopic (exact) mass is 795 g/mol. The molecule has 5 amide bonds. The van der Waals surface area contributed by atoms with Crippen LogP contribution in [0.2, 0.25) is 0 Å². The van der Waals surface area contributed by atoms with Crippen molar-refractivity contribution in [2.45, 2.75) is 113 Å². The lowest BCUT2D eigenvalue weighted by molar-refractivity contribution is -0.272. The fourth-order valence-electron chi connectivity index (χ4n) is 6.37. The third kappa shape index (κ3) is 12.2. The number of hydrogen-bond donors (Lipinski definition) is 11. The predicted octanol–water partition coefficient (Wildman–Crippen LogP) is -6.01. The molecule has 3 aliphatic rings. The molecule has 3 fully saturated rings. The maximum absolute atomic E-state index is 12.9. The van der Waals surface area contributed by atoms with Gasteiger partial charge in [0.15, 0.2) is 23.8 Å². The van der Waals surface area contributed by atoms with Gasteiger partial charge < -0.3 is 85.6 Å². The van der Waals surface area contributed by atoms with Gasteiger partial charge in [-0.2, -0.15) is 0 Å². The minimum atomic E-state index is -1.90. The second kappa shape index (κ2) is 22.0. The third-order valence-electron chi connectivity index (χ3n) is 9.29. The van der Waals surface area contributed by atoms with Gasteiger partial charge in [0, 0.05) is 39.8 Å². The summed E-state index contributed by atoms with van der Waals surface area (Å²) < 4.78 is 33.1. The molecule has 11 unspecified atom stereocenters. The quantitative estimate of drug-likeness (QED) is 0.0383. The van der Waals surface area contributed by atoms with Gasteiger partial charge in [0.2, 0.25) is 29.5 Å². The van der Waals surface area contributed by atoms with E-state index in [2.05, 4.69) is 26.6 Å². The molecule has 0 aromatic carbocycles. The lowest BCUT2D eigenvalue weighted by Crippen LogP contribution is -2.64. The summed E-state index contributed by atoms with van der Waals surface area (Å²) >= 11 is 0. The number of amides is 5. The minimum Gasteiger partial charge on any atom is -0.394 e. The van der Waals surface area contributed by atoms with Crippen molar-refractivity contribution in [1.29, 1.82) is 0 Å². The van der Waals surface area contributed by atoms with Gasteiger partial charge in [-0.1, -0.05) is 6.92 Å². The number of ether oxygens (including phenoxy) is 6. The van der Waals surface area contributed by atoms with Gasteiger partial charge in [-0.15, -0.1) is 0 Å². The maximum Gasteiger partial charge on any atom is 0.242 e. The highest BCUT2D eigenvalue weighted by atomic mass is 16.7. The largest absolute Gasteiger partial charge is 0.394 e. The Kier molecular flexibility index (Phi) is 18.5. The molecule has 11 atom stereocenters. The van der Waals surface area contributed by atoms with Crippen molar-refractivity contribution in [3.8, 4) is 0 Å². The van der Waals surface area contributed by atoms with Gasteiger partial charge in [-0.05, 0) is 12.8 Å². The molecule has 316 valence electrons. The van der Waals surface area contributed by atoms with Gasteiger partial charge in [0.05, 0.1) is 52.9 Å². The molecule has 2 aliphatic heterocycles. The van der Waals surface area contributed by atoms with Gasteiger partial charge >= 0.3 is 0 Å². The van der Waals surface area contributed by atoms with Crippen LogP contribution in [0.3, 0.4) is 0 Å². The Balaban J connectivity index is 1.31. The summed E-state index contributed by atoms with van der Waals surface area (Å²) in [4.78, 5) is 60.8. The highest BCUT2D eigenvalue weighted by Crippen LogP contribution is 2.59. The van der Waals surface area contributed by atoms with Crippen LogP contribution in [0, 0.1) is 0 Å². The Labute approximate surface area is 317 Å². The second-order valence-electron chi connectivity index (χ2n) is 13.4. The topological polar surface area (TPSA) is 322 Å². The summed E-state index contributed by atoms with van der Waals surface area (Å²) in [6, 6.07) is -3.21. The Hall–Kier alpha value is -3.13. The van der Waals surface area contributed by atoms with E-state index < -0.39 is 103 Å². The first-order valence-electron chi connectivity index (χ1n) is 18.2. The molecule has 0 aromatic heterocycles. The van der Waals surface area contributed by atoms with Gasteiger partial charge in [-0.25, -0.2) is 0 Å². The van der Waals surface area contributed by atoms with E-state index in [-0.39, 0.29) is 77.9 Å². The second-order valence-corrected chi connectivity index (χ2v) is 13.4. The SMILES string of the molecule is CCCC(=O)NC(CCC(=O)NCCOCCOC1OC2(CO)C(O)C2(O)C1NC(C)=O)C(=O)NCCOCCOC1OC(CO)C(O)C(O)C1NC(C)=O. The van der Waals surface area contributed by atoms with Crippen LogP contribution in [0.25, 0.3) is 0 Å². The number of nitrogens with one attached hydrogen (secondary N) is 5. The van der Waals surface area contributed by atoms with E-state index in [0.717, 1.165) is 0 Å². The fraction of sp³-hybridized carbons (Fsp3) is 0.848. The lowest BCUT2D eigenvalue weighted by Gasteiger charge is -2.42. The van der Waals surface area contributed by atoms with Crippen molar-refractivity contribution < 1.29 is 83.0 Å². The van der Waals surface area contributed by atoms with E-state index >= 15 is 0 Å². The van der Waals surface area contributed by atoms with Crippen LogP contribution in [0.15, 0.2) is 0 Å². The zero-order valence-corrected chi connectivity index (χ0v) is 31.3. The van der Waals surface area contributed by atoms with Crippen LogP contribution >= 0.6 is 0 Å². The average Bonchev–Trinajstić information content (AvgIpc) is 3.49. The maximum atomic E-state index is 12.9. The summed E-state index contributed by atoms with van der Waals surface area (Å²) in [5.41, 5.74) is -3.55. The Morgan fingerprint density at radius 1 is 0.782 bits per heavy atom. The van der Waals surface area contributed by atoms with E-state index in [1.165, 1.54) is 13.8 Å².